The monoisotopic (exact) mass is 317 g/mol. The highest BCUT2D eigenvalue weighted by Crippen LogP contribution is 2.20. The maximum atomic E-state index is 12.6. The third-order valence-corrected chi connectivity index (χ3v) is 4.37. The van der Waals surface area contributed by atoms with Crippen molar-refractivity contribution in [1.29, 1.82) is 0 Å². The quantitative estimate of drug-likeness (QED) is 0.847. The molecule has 1 aliphatic heterocycles. The van der Waals surface area contributed by atoms with Gasteiger partial charge >= 0.3 is 0 Å². The minimum absolute atomic E-state index is 0.0300. The molecule has 0 radical (unpaired) electrons. The maximum Gasteiger partial charge on any atom is 0.274 e. The third kappa shape index (κ3) is 3.02. The van der Waals surface area contributed by atoms with Gasteiger partial charge in [-0.2, -0.15) is 5.10 Å². The molecule has 0 N–H and O–H groups in total. The number of nitrogens with zero attached hydrogens (tertiary/aromatic N) is 3. The van der Waals surface area contributed by atoms with Gasteiger partial charge in [0.15, 0.2) is 5.69 Å². The zero-order chi connectivity index (χ0) is 15.7. The fourth-order valence-corrected chi connectivity index (χ4v) is 3.08. The van der Waals surface area contributed by atoms with E-state index in [1.54, 1.807) is 4.68 Å². The number of hydrogen-bond donors (Lipinski definition) is 0. The van der Waals surface area contributed by atoms with E-state index in [1.807, 2.05) is 42.2 Å². The summed E-state index contributed by atoms with van der Waals surface area (Å²) in [4.78, 5) is 14.5. The molecule has 3 rings (SSSR count). The lowest BCUT2D eigenvalue weighted by Gasteiger charge is -2.30. The van der Waals surface area contributed by atoms with Crippen molar-refractivity contribution in [3.8, 4) is 5.69 Å². The van der Waals surface area contributed by atoms with Crippen LogP contribution in [0, 0.1) is 12.8 Å². The number of aryl methyl sites for hydroxylation is 1. The number of benzene rings is 1. The molecule has 0 aliphatic carbocycles. The van der Waals surface area contributed by atoms with Gasteiger partial charge in [0.2, 0.25) is 0 Å². The van der Waals surface area contributed by atoms with Crippen LogP contribution in [0.1, 0.15) is 35.9 Å². The summed E-state index contributed by atoms with van der Waals surface area (Å²) in [6, 6.07) is 9.31. The summed E-state index contributed by atoms with van der Waals surface area (Å²) in [7, 11) is 0. The van der Waals surface area contributed by atoms with E-state index in [1.165, 1.54) is 6.42 Å². The predicted octanol–water partition coefficient (Wildman–Crippen LogP) is 3.71. The number of carbonyl (C=O) groups is 1. The molecule has 4 nitrogen and oxygen atoms in total. The maximum absolute atomic E-state index is 12.6. The minimum atomic E-state index is 0.0300. The zero-order valence-electron chi connectivity index (χ0n) is 12.9. The smallest absolute Gasteiger partial charge is 0.274 e. The molecule has 2 heterocycles. The molecule has 1 atom stereocenters. The molecule has 1 aliphatic rings. The number of hydrogen-bond acceptors (Lipinski definition) is 2. The molecule has 1 fully saturated rings. The number of carbonyl (C=O) groups excluding carboxylic acids is 1. The largest absolute Gasteiger partial charge is 0.337 e. The number of rotatable bonds is 2. The first-order valence-electron chi connectivity index (χ1n) is 7.66. The zero-order valence-corrected chi connectivity index (χ0v) is 13.7. The van der Waals surface area contributed by atoms with Gasteiger partial charge in [0.1, 0.15) is 0 Å². The first-order chi connectivity index (χ1) is 10.5. The van der Waals surface area contributed by atoms with Crippen molar-refractivity contribution in [3.63, 3.8) is 0 Å². The summed E-state index contributed by atoms with van der Waals surface area (Å²) >= 11 is 5.92. The van der Waals surface area contributed by atoms with Gasteiger partial charge in [-0.25, -0.2) is 4.68 Å². The summed E-state index contributed by atoms with van der Waals surface area (Å²) in [5.41, 5.74) is 2.37. The second kappa shape index (κ2) is 6.13. The Hall–Kier alpha value is -1.81. The Morgan fingerprint density at radius 2 is 2.05 bits per heavy atom. The lowest BCUT2D eigenvalue weighted by Crippen LogP contribution is -2.39. The number of piperidine rings is 1. The van der Waals surface area contributed by atoms with E-state index in [4.69, 9.17) is 11.6 Å². The van der Waals surface area contributed by atoms with Gasteiger partial charge in [-0.3, -0.25) is 4.79 Å². The van der Waals surface area contributed by atoms with E-state index in [0.29, 0.717) is 16.6 Å². The van der Waals surface area contributed by atoms with Crippen molar-refractivity contribution in [2.45, 2.75) is 26.7 Å². The molecule has 116 valence electrons. The van der Waals surface area contributed by atoms with Crippen molar-refractivity contribution in [3.05, 3.63) is 46.7 Å². The Bertz CT molecular complexity index is 678. The topological polar surface area (TPSA) is 38.1 Å². The number of likely N-dealkylation sites (tertiary alicyclic amines) is 1. The molecule has 0 spiro atoms. The van der Waals surface area contributed by atoms with Gasteiger partial charge in [-0.05, 0) is 56.0 Å². The van der Waals surface area contributed by atoms with Gasteiger partial charge < -0.3 is 4.90 Å². The minimum Gasteiger partial charge on any atom is -0.337 e. The fraction of sp³-hybridized carbons (Fsp3) is 0.412. The summed E-state index contributed by atoms with van der Waals surface area (Å²) in [6.45, 7) is 5.80. The van der Waals surface area contributed by atoms with Crippen LogP contribution in [0.2, 0.25) is 5.02 Å². The Balaban J connectivity index is 1.85. The van der Waals surface area contributed by atoms with Crippen molar-refractivity contribution in [1.82, 2.24) is 14.7 Å². The van der Waals surface area contributed by atoms with Crippen molar-refractivity contribution >= 4 is 17.5 Å². The molecule has 1 aromatic carbocycles. The van der Waals surface area contributed by atoms with Gasteiger partial charge in [0, 0.05) is 23.8 Å². The van der Waals surface area contributed by atoms with Crippen LogP contribution in [-0.4, -0.2) is 33.7 Å². The molecular weight excluding hydrogens is 298 g/mol. The van der Waals surface area contributed by atoms with E-state index in [0.717, 1.165) is 30.9 Å². The number of halogens is 1. The van der Waals surface area contributed by atoms with Gasteiger partial charge in [-0.15, -0.1) is 0 Å². The molecular formula is C17H20ClN3O. The lowest BCUT2D eigenvalue weighted by atomic mass is 10.00. The van der Waals surface area contributed by atoms with Crippen LogP contribution >= 0.6 is 11.6 Å². The van der Waals surface area contributed by atoms with Gasteiger partial charge in [0.05, 0.1) is 5.69 Å². The van der Waals surface area contributed by atoms with E-state index in [-0.39, 0.29) is 5.91 Å². The first kappa shape index (κ1) is 15.1. The van der Waals surface area contributed by atoms with Crippen molar-refractivity contribution in [2.24, 2.45) is 5.92 Å². The second-order valence-electron chi connectivity index (χ2n) is 6.06. The molecule has 5 heteroatoms. The normalized spacial score (nSPS) is 18.5. The van der Waals surface area contributed by atoms with E-state index >= 15 is 0 Å². The highest BCUT2D eigenvalue weighted by atomic mass is 35.5. The van der Waals surface area contributed by atoms with Crippen LogP contribution in [0.15, 0.2) is 30.3 Å². The van der Waals surface area contributed by atoms with E-state index < -0.39 is 0 Å². The van der Waals surface area contributed by atoms with Gasteiger partial charge in [0.25, 0.3) is 5.91 Å². The second-order valence-corrected chi connectivity index (χ2v) is 6.49. The average Bonchev–Trinajstić information content (AvgIpc) is 2.89. The number of amides is 1. The molecule has 1 unspecified atom stereocenters. The van der Waals surface area contributed by atoms with Crippen LogP contribution in [-0.2, 0) is 0 Å². The highest BCUT2D eigenvalue weighted by Gasteiger charge is 2.24. The van der Waals surface area contributed by atoms with E-state index in [9.17, 15) is 4.79 Å². The summed E-state index contributed by atoms with van der Waals surface area (Å²) in [6.07, 6.45) is 2.27. The van der Waals surface area contributed by atoms with Crippen LogP contribution < -0.4 is 0 Å². The van der Waals surface area contributed by atoms with Crippen LogP contribution in [0.5, 0.6) is 0 Å². The van der Waals surface area contributed by atoms with Crippen LogP contribution in [0.25, 0.3) is 5.69 Å². The average molecular weight is 318 g/mol. The predicted molar refractivity (Wildman–Crippen MR) is 87.6 cm³/mol. The molecule has 1 saturated heterocycles. The molecule has 2 aromatic rings. The SMILES string of the molecule is Cc1cc(C(=O)N2CCCC(C)C2)nn1-c1ccc(Cl)cc1. The molecule has 22 heavy (non-hydrogen) atoms. The molecule has 1 amide bonds. The summed E-state index contributed by atoms with van der Waals surface area (Å²) in [5.74, 6) is 0.597. The van der Waals surface area contributed by atoms with Gasteiger partial charge in [-0.1, -0.05) is 18.5 Å². The lowest BCUT2D eigenvalue weighted by molar-refractivity contribution is 0.0676. The fourth-order valence-electron chi connectivity index (χ4n) is 2.96. The molecule has 1 aromatic heterocycles. The van der Waals surface area contributed by atoms with Crippen molar-refractivity contribution in [2.75, 3.05) is 13.1 Å². The molecule has 0 saturated carbocycles. The Morgan fingerprint density at radius 1 is 1.32 bits per heavy atom. The van der Waals surface area contributed by atoms with Crippen LogP contribution in [0.3, 0.4) is 0 Å². The summed E-state index contributed by atoms with van der Waals surface area (Å²) < 4.78 is 1.79. The summed E-state index contributed by atoms with van der Waals surface area (Å²) in [5, 5.41) is 5.18. The van der Waals surface area contributed by atoms with E-state index in [2.05, 4.69) is 12.0 Å². The highest BCUT2D eigenvalue weighted by molar-refractivity contribution is 6.30. The standard InChI is InChI=1S/C17H20ClN3O/c1-12-4-3-9-20(11-12)17(22)16-10-13(2)21(19-16)15-7-5-14(18)6-8-15/h5-8,10,12H,3-4,9,11H2,1-2H3. The Labute approximate surface area is 135 Å². The van der Waals surface area contributed by atoms with Crippen molar-refractivity contribution < 1.29 is 4.79 Å². The first-order valence-corrected chi connectivity index (χ1v) is 8.04. The number of aromatic nitrogens is 2. The molecule has 0 bridgehead atoms. The third-order valence-electron chi connectivity index (χ3n) is 4.12. The Morgan fingerprint density at radius 3 is 2.73 bits per heavy atom. The Kier molecular flexibility index (Phi) is 4.21. The van der Waals surface area contributed by atoms with Crippen LogP contribution in [0.4, 0.5) is 0 Å².